The fourth-order valence-corrected chi connectivity index (χ4v) is 9.73. The minimum absolute atomic E-state index is 0.0407. The summed E-state index contributed by atoms with van der Waals surface area (Å²) in [7, 11) is 0. The maximum Gasteiger partial charge on any atom is 0.0568 e. The molecule has 0 heterocycles. The molecule has 4 aliphatic rings. The molecule has 1 nitrogen and oxygen atoms in total. The van der Waals surface area contributed by atoms with Crippen LogP contribution in [0, 0.1) is 58.2 Å². The minimum Gasteiger partial charge on any atom is -0.393 e. The highest BCUT2D eigenvalue weighted by molar-refractivity contribution is 5.10. The molecule has 4 saturated carbocycles. The molecule has 0 saturated heterocycles. The monoisotopic (exact) mass is 402 g/mol. The summed E-state index contributed by atoms with van der Waals surface area (Å²) in [5.74, 6) is 6.92. The molecule has 0 unspecified atom stereocenters. The first-order valence-corrected chi connectivity index (χ1v) is 13.4. The Kier molecular flexibility index (Phi) is 6.22. The molecule has 4 aliphatic carbocycles. The first-order chi connectivity index (χ1) is 13.7. The molecule has 29 heavy (non-hydrogen) atoms. The van der Waals surface area contributed by atoms with Gasteiger partial charge in [-0.3, -0.25) is 0 Å². The average Bonchev–Trinajstić information content (AvgIpc) is 3.02. The van der Waals surface area contributed by atoms with E-state index in [1.807, 2.05) is 0 Å². The summed E-state index contributed by atoms with van der Waals surface area (Å²) in [6.07, 6.45) is 15.4. The van der Waals surface area contributed by atoms with Gasteiger partial charge in [-0.05, 0) is 110 Å². The van der Waals surface area contributed by atoms with Crippen molar-refractivity contribution < 1.29 is 5.11 Å². The van der Waals surface area contributed by atoms with Crippen molar-refractivity contribution in [1.82, 2.24) is 0 Å². The molecular weight excluding hydrogens is 352 g/mol. The fourth-order valence-electron chi connectivity index (χ4n) is 9.73. The number of hydrogen-bond acceptors (Lipinski definition) is 1. The van der Waals surface area contributed by atoms with Crippen molar-refractivity contribution in [3.05, 3.63) is 0 Å². The van der Waals surface area contributed by atoms with Crippen LogP contribution in [0.25, 0.3) is 0 Å². The molecule has 0 amide bonds. The van der Waals surface area contributed by atoms with Crippen LogP contribution in [-0.2, 0) is 0 Å². The molecule has 0 aromatic rings. The lowest BCUT2D eigenvalue weighted by atomic mass is 9.43. The molecule has 0 aromatic carbocycles. The summed E-state index contributed by atoms with van der Waals surface area (Å²) in [4.78, 5) is 0. The maximum absolute atomic E-state index is 10.5. The van der Waals surface area contributed by atoms with E-state index in [1.165, 1.54) is 64.2 Å². The largest absolute Gasteiger partial charge is 0.393 e. The topological polar surface area (TPSA) is 20.2 Å². The fraction of sp³-hybridized carbons (Fsp3) is 1.00. The molecule has 0 bridgehead atoms. The minimum atomic E-state index is -0.0407. The summed E-state index contributed by atoms with van der Waals surface area (Å²) in [5, 5.41) is 10.5. The van der Waals surface area contributed by atoms with Gasteiger partial charge < -0.3 is 5.11 Å². The Morgan fingerprint density at radius 2 is 1.45 bits per heavy atom. The Bertz CT molecular complexity index is 569. The van der Waals surface area contributed by atoms with E-state index in [4.69, 9.17) is 0 Å². The first kappa shape index (κ1) is 22.2. The average molecular weight is 403 g/mol. The second kappa shape index (κ2) is 8.14. The van der Waals surface area contributed by atoms with Gasteiger partial charge in [-0.15, -0.1) is 0 Å². The smallest absolute Gasteiger partial charge is 0.0568 e. The molecule has 0 aliphatic heterocycles. The van der Waals surface area contributed by atoms with Gasteiger partial charge in [-0.1, -0.05) is 60.8 Å². The highest BCUT2D eigenvalue weighted by Crippen LogP contribution is 2.68. The van der Waals surface area contributed by atoms with Crippen LogP contribution in [0.1, 0.15) is 112 Å². The Labute approximate surface area is 181 Å². The Balaban J connectivity index is 1.48. The predicted molar refractivity (Wildman–Crippen MR) is 124 cm³/mol. The van der Waals surface area contributed by atoms with E-state index < -0.39 is 0 Å². The van der Waals surface area contributed by atoms with Crippen molar-refractivity contribution in [2.24, 2.45) is 58.2 Å². The van der Waals surface area contributed by atoms with E-state index in [-0.39, 0.29) is 6.10 Å². The lowest BCUT2D eigenvalue weighted by Crippen LogP contribution is -2.56. The third-order valence-electron chi connectivity index (χ3n) is 11.4. The Hall–Kier alpha value is -0.0400. The summed E-state index contributed by atoms with van der Waals surface area (Å²) < 4.78 is 0. The quantitative estimate of drug-likeness (QED) is 0.499. The van der Waals surface area contributed by atoms with Gasteiger partial charge in [0, 0.05) is 0 Å². The third-order valence-corrected chi connectivity index (χ3v) is 11.4. The van der Waals surface area contributed by atoms with Crippen molar-refractivity contribution in [3.63, 3.8) is 0 Å². The van der Waals surface area contributed by atoms with E-state index in [0.717, 1.165) is 47.8 Å². The lowest BCUT2D eigenvalue weighted by molar-refractivity contribution is -0.149. The second-order valence-corrected chi connectivity index (χ2v) is 13.1. The van der Waals surface area contributed by atoms with Gasteiger partial charge in [0.05, 0.1) is 6.10 Å². The van der Waals surface area contributed by atoms with E-state index in [1.54, 1.807) is 0 Å². The molecule has 1 heteroatoms. The molecule has 168 valence electrons. The van der Waals surface area contributed by atoms with Crippen molar-refractivity contribution in [2.45, 2.75) is 118 Å². The summed E-state index contributed by atoms with van der Waals surface area (Å²) >= 11 is 0. The van der Waals surface area contributed by atoms with Crippen LogP contribution >= 0.6 is 0 Å². The third kappa shape index (κ3) is 3.64. The highest BCUT2D eigenvalue weighted by Gasteiger charge is 2.61. The molecule has 0 radical (unpaired) electrons. The number of hydrogen-bond donors (Lipinski definition) is 1. The van der Waals surface area contributed by atoms with Gasteiger partial charge in [0.2, 0.25) is 0 Å². The molecule has 4 rings (SSSR count). The van der Waals surface area contributed by atoms with Crippen LogP contribution in [0.15, 0.2) is 0 Å². The van der Waals surface area contributed by atoms with Crippen LogP contribution in [0.3, 0.4) is 0 Å². The SMILES string of the molecule is CC(C)CCC[C@@H](C)[C@H]1CC[C@H]2[C@@H]3CC[C@@H]4[C@H](C)[C@@H](O)CC[C@]4(C)[C@H]3CC[C@]12C. The Morgan fingerprint density at radius 3 is 2.17 bits per heavy atom. The van der Waals surface area contributed by atoms with Crippen molar-refractivity contribution in [1.29, 1.82) is 0 Å². The standard InChI is InChI=1S/C28H50O/c1-18(2)8-7-9-19(3)22-12-13-24-21-10-11-23-20(4)26(29)15-17-28(23,6)25(21)14-16-27(22,24)5/h18-26,29H,7-17H2,1-6H3/t19-,20+,21+,22-,23-,24+,25+,26+,27-,28+/m1/s1. The zero-order chi connectivity index (χ0) is 21.0. The highest BCUT2D eigenvalue weighted by atomic mass is 16.3. The van der Waals surface area contributed by atoms with Gasteiger partial charge in [-0.25, -0.2) is 0 Å². The van der Waals surface area contributed by atoms with E-state index >= 15 is 0 Å². The number of aliphatic hydroxyl groups is 1. The van der Waals surface area contributed by atoms with E-state index in [2.05, 4.69) is 41.5 Å². The van der Waals surface area contributed by atoms with Crippen LogP contribution < -0.4 is 0 Å². The summed E-state index contributed by atoms with van der Waals surface area (Å²) in [5.41, 5.74) is 1.12. The number of aliphatic hydroxyl groups excluding tert-OH is 1. The molecular formula is C28H50O. The predicted octanol–water partition coefficient (Wildman–Crippen LogP) is 7.71. The van der Waals surface area contributed by atoms with Gasteiger partial charge in [-0.2, -0.15) is 0 Å². The van der Waals surface area contributed by atoms with Crippen molar-refractivity contribution in [2.75, 3.05) is 0 Å². The van der Waals surface area contributed by atoms with E-state index in [9.17, 15) is 5.11 Å². The van der Waals surface area contributed by atoms with Gasteiger partial charge in [0.25, 0.3) is 0 Å². The number of rotatable bonds is 5. The zero-order valence-corrected chi connectivity index (χ0v) is 20.4. The molecule has 0 spiro atoms. The van der Waals surface area contributed by atoms with Crippen molar-refractivity contribution in [3.8, 4) is 0 Å². The summed E-state index contributed by atoms with van der Waals surface area (Å²) in [6, 6.07) is 0. The first-order valence-electron chi connectivity index (χ1n) is 13.4. The van der Waals surface area contributed by atoms with Gasteiger partial charge >= 0.3 is 0 Å². The normalized spacial score (nSPS) is 50.7. The van der Waals surface area contributed by atoms with Crippen LogP contribution in [0.4, 0.5) is 0 Å². The van der Waals surface area contributed by atoms with Gasteiger partial charge in [0.15, 0.2) is 0 Å². The zero-order valence-electron chi connectivity index (χ0n) is 20.4. The maximum atomic E-state index is 10.5. The number of fused-ring (bicyclic) bond motifs is 5. The van der Waals surface area contributed by atoms with Crippen molar-refractivity contribution >= 4 is 0 Å². The second-order valence-electron chi connectivity index (χ2n) is 13.1. The molecule has 1 N–H and O–H groups in total. The van der Waals surface area contributed by atoms with Gasteiger partial charge in [0.1, 0.15) is 0 Å². The van der Waals surface area contributed by atoms with E-state index in [0.29, 0.717) is 16.7 Å². The van der Waals surface area contributed by atoms with Crippen LogP contribution in [0.2, 0.25) is 0 Å². The lowest BCUT2D eigenvalue weighted by Gasteiger charge is -2.62. The van der Waals surface area contributed by atoms with Crippen LogP contribution in [-0.4, -0.2) is 11.2 Å². The molecule has 4 fully saturated rings. The molecule has 10 atom stereocenters. The molecule has 0 aromatic heterocycles. The summed E-state index contributed by atoms with van der Waals surface area (Å²) in [6.45, 7) is 15.0. The van der Waals surface area contributed by atoms with Crippen LogP contribution in [0.5, 0.6) is 0 Å². The Morgan fingerprint density at radius 1 is 0.793 bits per heavy atom.